The Kier molecular flexibility index (Phi) is 8.25. The zero-order valence-corrected chi connectivity index (χ0v) is 17.4. The summed E-state index contributed by atoms with van der Waals surface area (Å²) in [6.07, 6.45) is 0. The first-order valence-electron chi connectivity index (χ1n) is 9.74. The summed E-state index contributed by atoms with van der Waals surface area (Å²) in [6, 6.07) is 30.6. The van der Waals surface area contributed by atoms with Gasteiger partial charge in [0.25, 0.3) is 0 Å². The zero-order valence-electron chi connectivity index (χ0n) is 17.6. The van der Waals surface area contributed by atoms with E-state index in [0.717, 1.165) is 30.8 Å². The predicted octanol–water partition coefficient (Wildman–Crippen LogP) is 2.20. The number of hydrogen-bond donors (Lipinski definition) is 1. The lowest BCUT2D eigenvalue weighted by molar-refractivity contribution is -0.0000287. The van der Waals surface area contributed by atoms with Gasteiger partial charge in [-0.05, 0) is 23.2 Å². The Labute approximate surface area is 176 Å². The third-order valence-corrected chi connectivity index (χ3v) is 5.37. The molecule has 0 aliphatic carbocycles. The minimum absolute atomic E-state index is 0. The van der Waals surface area contributed by atoms with Gasteiger partial charge in [0.15, 0.2) is 0 Å². The van der Waals surface area contributed by atoms with Crippen LogP contribution in [0.5, 0.6) is 0 Å². The fourth-order valence-electron chi connectivity index (χ4n) is 3.79. The molecule has 0 heterocycles. The molecule has 3 aromatic carbocycles. The van der Waals surface area contributed by atoms with Gasteiger partial charge in [-0.2, -0.15) is 0 Å². The molecule has 0 aromatic heterocycles. The second kappa shape index (κ2) is 10.4. The molecule has 3 aromatic rings. The molecule has 3 heteroatoms. The molecule has 0 aliphatic rings. The van der Waals surface area contributed by atoms with E-state index < -0.39 is 5.60 Å². The minimum atomic E-state index is -1.02. The fourth-order valence-corrected chi connectivity index (χ4v) is 3.79. The maximum absolute atomic E-state index is 11.9. The van der Waals surface area contributed by atoms with Crippen molar-refractivity contribution in [3.05, 3.63) is 108 Å². The molecular weight excluding hydrogens is 366 g/mol. The van der Waals surface area contributed by atoms with E-state index >= 15 is 0 Å². The first kappa shape index (κ1) is 22.2. The van der Waals surface area contributed by atoms with Gasteiger partial charge < -0.3 is 17.5 Å². The van der Waals surface area contributed by atoms with Crippen molar-refractivity contribution in [3.8, 4) is 0 Å². The number of aliphatic hydroxyl groups is 1. The van der Waals surface area contributed by atoms with Gasteiger partial charge in [0.2, 0.25) is 0 Å². The number of benzene rings is 3. The molecule has 1 atom stereocenters. The lowest BCUT2D eigenvalue weighted by Crippen LogP contribution is -3.00. The van der Waals surface area contributed by atoms with Crippen molar-refractivity contribution >= 4 is 0 Å². The van der Waals surface area contributed by atoms with Crippen LogP contribution in [0.2, 0.25) is 0 Å². The smallest absolute Gasteiger partial charge is 1.00 e. The lowest BCUT2D eigenvalue weighted by atomic mass is 9.76. The second-order valence-corrected chi connectivity index (χ2v) is 7.21. The molecular formula is C25H30ClNO. The average molecular weight is 396 g/mol. The van der Waals surface area contributed by atoms with Gasteiger partial charge in [0, 0.05) is 19.0 Å². The maximum Gasteiger partial charge on any atom is 1.00 e. The molecule has 0 bridgehead atoms. The van der Waals surface area contributed by atoms with Crippen molar-refractivity contribution in [2.75, 3.05) is 13.1 Å². The van der Waals surface area contributed by atoms with Crippen LogP contribution in [-0.2, 0) is 12.1 Å². The minimum Gasteiger partial charge on any atom is -1.00 e. The highest BCUT2D eigenvalue weighted by molar-refractivity contribution is 5.36. The molecule has 1 N–H and O–H groups in total. The van der Waals surface area contributed by atoms with Crippen LogP contribution in [0.4, 0.5) is 0 Å². The molecule has 1 unspecified atom stereocenters. The van der Waals surface area contributed by atoms with Crippen molar-refractivity contribution in [1.29, 1.82) is 0 Å². The highest BCUT2D eigenvalue weighted by Crippen LogP contribution is 2.37. The molecule has 3 rings (SSSR count). The molecule has 2 nitrogen and oxygen atoms in total. The van der Waals surface area contributed by atoms with E-state index in [2.05, 4.69) is 43.0 Å². The van der Waals surface area contributed by atoms with Crippen molar-refractivity contribution in [2.24, 2.45) is 5.92 Å². The standard InChI is InChI=1S/C25H29NO.ClH/c1-3-26(20-22-13-7-4-8-14-22)19-21(2)25(27,23-15-9-5-10-16-23)24-17-11-6-12-18-24;/h4-18,21,27H,3,19-20H2,1-2H3;1H. The summed E-state index contributed by atoms with van der Waals surface area (Å²) in [5.41, 5.74) is 2.17. The summed E-state index contributed by atoms with van der Waals surface area (Å²) in [5, 5.41) is 11.9. The predicted molar refractivity (Wildman–Crippen MR) is 114 cm³/mol. The van der Waals surface area contributed by atoms with E-state index in [9.17, 15) is 5.11 Å². The third-order valence-electron chi connectivity index (χ3n) is 5.37. The highest BCUT2D eigenvalue weighted by atomic mass is 35.5. The Morgan fingerprint density at radius 2 is 1.25 bits per heavy atom. The first-order valence-corrected chi connectivity index (χ1v) is 9.74. The van der Waals surface area contributed by atoms with Crippen LogP contribution in [0.25, 0.3) is 0 Å². The van der Waals surface area contributed by atoms with Gasteiger partial charge in [-0.15, -0.1) is 0 Å². The topological polar surface area (TPSA) is 23.5 Å². The zero-order chi connectivity index (χ0) is 19.1. The van der Waals surface area contributed by atoms with Gasteiger partial charge in [0.05, 0.1) is 0 Å². The first-order chi connectivity index (χ1) is 13.1. The molecule has 0 aliphatic heterocycles. The monoisotopic (exact) mass is 395 g/mol. The molecule has 0 radical (unpaired) electrons. The summed E-state index contributed by atoms with van der Waals surface area (Å²) in [4.78, 5) is 2.40. The molecule has 0 saturated carbocycles. The third kappa shape index (κ3) is 5.02. The van der Waals surface area contributed by atoms with Gasteiger partial charge in [-0.3, -0.25) is 4.90 Å². The van der Waals surface area contributed by atoms with E-state index in [4.69, 9.17) is 0 Å². The summed E-state index contributed by atoms with van der Waals surface area (Å²) in [5.74, 6) is 0.0333. The lowest BCUT2D eigenvalue weighted by Gasteiger charge is -2.38. The number of nitrogens with zero attached hydrogens (tertiary/aromatic N) is 1. The van der Waals surface area contributed by atoms with Crippen LogP contribution in [0.15, 0.2) is 91.0 Å². The number of rotatable bonds is 8. The van der Waals surface area contributed by atoms with Gasteiger partial charge >= 0.3 is 1.43 Å². The van der Waals surface area contributed by atoms with Crippen LogP contribution >= 0.6 is 0 Å². The number of halogens is 1. The van der Waals surface area contributed by atoms with Crippen LogP contribution < -0.4 is 12.4 Å². The Morgan fingerprint density at radius 1 is 0.821 bits per heavy atom. The van der Waals surface area contributed by atoms with E-state index in [1.165, 1.54) is 5.56 Å². The number of hydrogen-bond acceptors (Lipinski definition) is 2. The molecule has 0 fully saturated rings. The van der Waals surface area contributed by atoms with Crippen LogP contribution in [-0.4, -0.2) is 23.1 Å². The normalized spacial score (nSPS) is 12.4. The van der Waals surface area contributed by atoms with Crippen LogP contribution in [0.3, 0.4) is 0 Å². The SMILES string of the molecule is CCN(Cc1ccccc1)CC(C)C(O)(c1ccccc1)c1ccccc1.[Cl-].[H+]. The van der Waals surface area contributed by atoms with E-state index in [0.29, 0.717) is 0 Å². The van der Waals surface area contributed by atoms with Crippen molar-refractivity contribution < 1.29 is 18.9 Å². The fraction of sp³-hybridized carbons (Fsp3) is 0.280. The van der Waals surface area contributed by atoms with E-state index in [-0.39, 0.29) is 19.8 Å². The van der Waals surface area contributed by atoms with Crippen LogP contribution in [0.1, 0.15) is 32.0 Å². The van der Waals surface area contributed by atoms with E-state index in [1.54, 1.807) is 0 Å². The Bertz CT molecular complexity index is 775. The van der Waals surface area contributed by atoms with Gasteiger partial charge in [-0.1, -0.05) is 105 Å². The summed E-state index contributed by atoms with van der Waals surface area (Å²) in [7, 11) is 0. The Balaban J connectivity index is 0.00000210. The molecule has 0 saturated heterocycles. The highest BCUT2D eigenvalue weighted by Gasteiger charge is 2.38. The molecule has 0 amide bonds. The maximum atomic E-state index is 11.9. The quantitative estimate of drug-likeness (QED) is 0.632. The second-order valence-electron chi connectivity index (χ2n) is 7.21. The molecule has 148 valence electrons. The van der Waals surface area contributed by atoms with Gasteiger partial charge in [-0.25, -0.2) is 0 Å². The largest absolute Gasteiger partial charge is 1.00 e. The summed E-state index contributed by atoms with van der Waals surface area (Å²) < 4.78 is 0. The van der Waals surface area contributed by atoms with E-state index in [1.807, 2.05) is 66.7 Å². The van der Waals surface area contributed by atoms with Crippen molar-refractivity contribution in [1.82, 2.24) is 4.90 Å². The average Bonchev–Trinajstić information content (AvgIpc) is 2.74. The van der Waals surface area contributed by atoms with Crippen molar-refractivity contribution in [3.63, 3.8) is 0 Å². The Hall–Kier alpha value is -2.13. The van der Waals surface area contributed by atoms with Crippen molar-refractivity contribution in [2.45, 2.75) is 26.0 Å². The molecule has 0 spiro atoms. The molecule has 28 heavy (non-hydrogen) atoms. The Morgan fingerprint density at radius 3 is 1.68 bits per heavy atom. The summed E-state index contributed by atoms with van der Waals surface area (Å²) in [6.45, 7) is 6.97. The van der Waals surface area contributed by atoms with Crippen LogP contribution in [0, 0.1) is 5.92 Å². The van der Waals surface area contributed by atoms with Gasteiger partial charge in [0.1, 0.15) is 5.60 Å². The summed E-state index contributed by atoms with van der Waals surface area (Å²) >= 11 is 0.